The van der Waals surface area contributed by atoms with Crippen LogP contribution < -0.4 is 11.1 Å². The van der Waals surface area contributed by atoms with Gasteiger partial charge >= 0.3 is 0 Å². The summed E-state index contributed by atoms with van der Waals surface area (Å²) in [4.78, 5) is 12.4. The number of amides is 1. The van der Waals surface area contributed by atoms with Crippen LogP contribution >= 0.6 is 23.8 Å². The molecule has 3 N–H and O–H groups in total. The van der Waals surface area contributed by atoms with Gasteiger partial charge in [0, 0.05) is 6.07 Å². The van der Waals surface area contributed by atoms with Gasteiger partial charge in [-0.1, -0.05) is 37.7 Å². The molecular formula is C13H15ClF2N2OS. The summed E-state index contributed by atoms with van der Waals surface area (Å²) in [6.07, 6.45) is 0.732. The Morgan fingerprint density at radius 1 is 1.40 bits per heavy atom. The molecule has 0 atom stereocenters. The van der Waals surface area contributed by atoms with Crippen molar-refractivity contribution >= 4 is 40.4 Å². The predicted molar refractivity (Wildman–Crippen MR) is 79.8 cm³/mol. The fraction of sp³-hybridized carbons (Fsp3) is 0.385. The van der Waals surface area contributed by atoms with E-state index < -0.39 is 23.0 Å². The molecule has 0 aliphatic heterocycles. The molecule has 20 heavy (non-hydrogen) atoms. The summed E-state index contributed by atoms with van der Waals surface area (Å²) in [6.45, 7) is 3.51. The van der Waals surface area contributed by atoms with E-state index in [-0.39, 0.29) is 15.7 Å². The topological polar surface area (TPSA) is 55.1 Å². The average Bonchev–Trinajstić information content (AvgIpc) is 2.35. The Balaban J connectivity index is 3.16. The summed E-state index contributed by atoms with van der Waals surface area (Å²) in [6, 6.07) is 1.56. The predicted octanol–water partition coefficient (Wildman–Crippen LogP) is 3.65. The Labute approximate surface area is 126 Å². The number of nitrogens with two attached hydrogens (primary N) is 1. The molecule has 1 amide bonds. The van der Waals surface area contributed by atoms with Crippen molar-refractivity contribution in [2.45, 2.75) is 26.7 Å². The minimum Gasteiger partial charge on any atom is -0.392 e. The molecule has 0 unspecified atom stereocenters. The van der Waals surface area contributed by atoms with Gasteiger partial charge in [0.25, 0.3) is 0 Å². The fourth-order valence-electron chi connectivity index (χ4n) is 1.93. The maximum Gasteiger partial charge on any atom is 0.237 e. The molecule has 1 aromatic rings. The summed E-state index contributed by atoms with van der Waals surface area (Å²) in [5.41, 5.74) is 4.27. The van der Waals surface area contributed by atoms with Gasteiger partial charge in [0.05, 0.1) is 21.1 Å². The van der Waals surface area contributed by atoms with E-state index in [2.05, 4.69) is 5.32 Å². The van der Waals surface area contributed by atoms with Crippen molar-refractivity contribution in [1.29, 1.82) is 0 Å². The van der Waals surface area contributed by atoms with E-state index in [4.69, 9.17) is 29.6 Å². The number of halogens is 3. The van der Waals surface area contributed by atoms with Crippen LogP contribution in [0.4, 0.5) is 14.5 Å². The van der Waals surface area contributed by atoms with E-state index in [1.165, 1.54) is 0 Å². The number of carbonyl (C=O) groups is 1. The molecule has 0 aromatic heterocycles. The van der Waals surface area contributed by atoms with E-state index in [0.717, 1.165) is 6.07 Å². The highest BCUT2D eigenvalue weighted by Gasteiger charge is 2.38. The van der Waals surface area contributed by atoms with E-state index in [9.17, 15) is 13.6 Å². The van der Waals surface area contributed by atoms with Gasteiger partial charge in [0.2, 0.25) is 5.91 Å². The first-order valence-electron chi connectivity index (χ1n) is 6.04. The lowest BCUT2D eigenvalue weighted by Crippen LogP contribution is -2.45. The minimum atomic E-state index is -1.08. The zero-order valence-corrected chi connectivity index (χ0v) is 12.7. The van der Waals surface area contributed by atoms with Gasteiger partial charge in [-0.3, -0.25) is 4.79 Å². The Morgan fingerprint density at radius 2 is 1.95 bits per heavy atom. The minimum absolute atomic E-state index is 0.0265. The summed E-state index contributed by atoms with van der Waals surface area (Å²) in [5.74, 6) is -2.33. The molecule has 0 aliphatic carbocycles. The zero-order valence-electron chi connectivity index (χ0n) is 11.1. The second-order valence-corrected chi connectivity index (χ2v) is 5.20. The largest absolute Gasteiger partial charge is 0.392 e. The van der Waals surface area contributed by atoms with Gasteiger partial charge in [0.15, 0.2) is 5.82 Å². The molecule has 0 fully saturated rings. The van der Waals surface area contributed by atoms with Crippen molar-refractivity contribution in [2.75, 3.05) is 5.32 Å². The average molecular weight is 321 g/mol. The summed E-state index contributed by atoms with van der Waals surface area (Å²) in [7, 11) is 0. The Kier molecular flexibility index (Phi) is 5.42. The van der Waals surface area contributed by atoms with E-state index >= 15 is 0 Å². The molecule has 1 rings (SSSR count). The van der Waals surface area contributed by atoms with Gasteiger partial charge in [-0.25, -0.2) is 8.78 Å². The number of carbonyl (C=O) groups excluding carboxylic acids is 1. The third-order valence-corrected chi connectivity index (χ3v) is 4.05. The van der Waals surface area contributed by atoms with Crippen LogP contribution in [-0.4, -0.2) is 10.9 Å². The number of hydrogen-bond acceptors (Lipinski definition) is 2. The van der Waals surface area contributed by atoms with Gasteiger partial charge in [0.1, 0.15) is 5.82 Å². The first-order valence-corrected chi connectivity index (χ1v) is 6.83. The Morgan fingerprint density at radius 3 is 2.35 bits per heavy atom. The van der Waals surface area contributed by atoms with Crippen LogP contribution in [0.5, 0.6) is 0 Å². The van der Waals surface area contributed by atoms with Crippen LogP contribution in [0.2, 0.25) is 5.02 Å². The quantitative estimate of drug-likeness (QED) is 0.814. The first-order chi connectivity index (χ1) is 9.28. The third kappa shape index (κ3) is 3.07. The van der Waals surface area contributed by atoms with Crippen molar-refractivity contribution in [3.8, 4) is 0 Å². The van der Waals surface area contributed by atoms with Crippen molar-refractivity contribution in [1.82, 2.24) is 0 Å². The number of rotatable bonds is 5. The maximum atomic E-state index is 13.7. The Hall–Kier alpha value is -1.27. The third-order valence-electron chi connectivity index (χ3n) is 3.36. The number of hydrogen-bond donors (Lipinski definition) is 2. The summed E-state index contributed by atoms with van der Waals surface area (Å²) < 4.78 is 26.6. The van der Waals surface area contributed by atoms with E-state index in [1.54, 1.807) is 13.8 Å². The second-order valence-electron chi connectivity index (χ2n) is 4.35. The van der Waals surface area contributed by atoms with E-state index in [1.807, 2.05) is 0 Å². The van der Waals surface area contributed by atoms with E-state index in [0.29, 0.717) is 18.9 Å². The molecule has 0 bridgehead atoms. The van der Waals surface area contributed by atoms with Gasteiger partial charge in [-0.05, 0) is 18.9 Å². The molecule has 0 radical (unpaired) electrons. The maximum absolute atomic E-state index is 13.7. The molecule has 7 heteroatoms. The van der Waals surface area contributed by atoms with Crippen molar-refractivity contribution in [3.05, 3.63) is 28.8 Å². The molecular weight excluding hydrogens is 306 g/mol. The standard InChI is InChI=1S/C13H15ClF2N2OS/c1-3-13(4-2,11(17)20)12(19)18-10-8(14)5-7(15)6-9(10)16/h5-6H,3-4H2,1-2H3,(H2,17,20)(H,18,19). The van der Waals surface area contributed by atoms with Crippen LogP contribution in [0, 0.1) is 17.0 Å². The van der Waals surface area contributed by atoms with Gasteiger partial charge < -0.3 is 11.1 Å². The molecule has 1 aromatic carbocycles. The molecule has 0 spiro atoms. The molecule has 0 heterocycles. The first kappa shape index (κ1) is 16.8. The van der Waals surface area contributed by atoms with Gasteiger partial charge in [-0.15, -0.1) is 0 Å². The summed E-state index contributed by atoms with van der Waals surface area (Å²) in [5, 5.41) is 2.13. The smallest absolute Gasteiger partial charge is 0.237 e. The SMILES string of the molecule is CCC(CC)(C(=O)Nc1c(F)cc(F)cc1Cl)C(N)=S. The lowest BCUT2D eigenvalue weighted by Gasteiger charge is -2.29. The molecule has 0 saturated heterocycles. The van der Waals surface area contributed by atoms with Gasteiger partial charge in [-0.2, -0.15) is 0 Å². The van der Waals surface area contributed by atoms with Crippen LogP contribution in [0.25, 0.3) is 0 Å². The molecule has 0 aliphatic rings. The van der Waals surface area contributed by atoms with Crippen LogP contribution in [0.3, 0.4) is 0 Å². The highest BCUT2D eigenvalue weighted by Crippen LogP contribution is 2.32. The van der Waals surface area contributed by atoms with Crippen molar-refractivity contribution < 1.29 is 13.6 Å². The lowest BCUT2D eigenvalue weighted by atomic mass is 9.81. The van der Waals surface area contributed by atoms with Crippen LogP contribution in [-0.2, 0) is 4.79 Å². The molecule has 110 valence electrons. The highest BCUT2D eigenvalue weighted by atomic mass is 35.5. The number of benzene rings is 1. The molecule has 3 nitrogen and oxygen atoms in total. The van der Waals surface area contributed by atoms with Crippen LogP contribution in [0.1, 0.15) is 26.7 Å². The highest BCUT2D eigenvalue weighted by molar-refractivity contribution is 7.80. The normalized spacial score (nSPS) is 11.2. The molecule has 0 saturated carbocycles. The lowest BCUT2D eigenvalue weighted by molar-refractivity contribution is -0.122. The van der Waals surface area contributed by atoms with Crippen LogP contribution in [0.15, 0.2) is 12.1 Å². The summed E-state index contributed by atoms with van der Waals surface area (Å²) >= 11 is 10.7. The van der Waals surface area contributed by atoms with Crippen molar-refractivity contribution in [3.63, 3.8) is 0 Å². The fourth-order valence-corrected chi connectivity index (χ4v) is 2.55. The number of nitrogens with one attached hydrogen (secondary N) is 1. The monoisotopic (exact) mass is 320 g/mol. The second kappa shape index (κ2) is 6.45. The van der Waals surface area contributed by atoms with Crippen molar-refractivity contribution in [2.24, 2.45) is 11.1 Å². The number of anilines is 1. The zero-order chi connectivity index (χ0) is 15.5. The Bertz CT molecular complexity index is 524. The number of thiocarbonyl (C=S) groups is 1.